The van der Waals surface area contributed by atoms with Crippen LogP contribution in [0.5, 0.6) is 17.2 Å². The molecule has 0 spiro atoms. The topological polar surface area (TPSA) is 66.5 Å². The summed E-state index contributed by atoms with van der Waals surface area (Å²) in [5.74, 6) is 1.85. The van der Waals surface area contributed by atoms with Crippen molar-refractivity contribution in [1.82, 2.24) is 4.57 Å². The van der Waals surface area contributed by atoms with E-state index in [0.29, 0.717) is 22.9 Å². The zero-order valence-electron chi connectivity index (χ0n) is 13.5. The van der Waals surface area contributed by atoms with Crippen LogP contribution in [-0.2, 0) is 7.05 Å². The summed E-state index contributed by atoms with van der Waals surface area (Å²) in [6.45, 7) is 0. The first-order valence-corrected chi connectivity index (χ1v) is 7.46. The maximum absolute atomic E-state index is 11.8. The second-order valence-corrected chi connectivity index (χ2v) is 5.37. The molecule has 0 bridgehead atoms. The first kappa shape index (κ1) is 15.7. The van der Waals surface area contributed by atoms with Crippen molar-refractivity contribution in [3.05, 3.63) is 71.1 Å². The van der Waals surface area contributed by atoms with Gasteiger partial charge in [-0.3, -0.25) is 4.79 Å². The van der Waals surface area contributed by atoms with Gasteiger partial charge in [0.1, 0.15) is 17.2 Å². The molecule has 0 aliphatic rings. The fraction of sp³-hybridized carbons (Fsp3) is 0.105. The maximum atomic E-state index is 11.8. The lowest BCUT2D eigenvalue weighted by Gasteiger charge is -2.14. The molecule has 0 saturated heterocycles. The number of nitrogens with zero attached hydrogens (tertiary/aromatic N) is 1. The van der Waals surface area contributed by atoms with Crippen molar-refractivity contribution in [2.45, 2.75) is 0 Å². The lowest BCUT2D eigenvalue weighted by molar-refractivity contribution is 0.414. The van der Waals surface area contributed by atoms with Gasteiger partial charge in [0.05, 0.1) is 7.11 Å². The molecule has 24 heavy (non-hydrogen) atoms. The molecule has 2 N–H and O–H groups in total. The molecule has 5 nitrogen and oxygen atoms in total. The molecule has 2 aromatic carbocycles. The van der Waals surface area contributed by atoms with E-state index >= 15 is 0 Å². The van der Waals surface area contributed by atoms with Crippen LogP contribution in [0.1, 0.15) is 0 Å². The molecule has 0 radical (unpaired) electrons. The molecule has 0 aliphatic heterocycles. The average Bonchev–Trinajstić information content (AvgIpc) is 2.59. The largest absolute Gasteiger partial charge is 0.496 e. The lowest BCUT2D eigenvalue weighted by atomic mass is 10.1. The predicted molar refractivity (Wildman–Crippen MR) is 94.6 cm³/mol. The van der Waals surface area contributed by atoms with Crippen LogP contribution >= 0.6 is 0 Å². The van der Waals surface area contributed by atoms with Gasteiger partial charge in [-0.05, 0) is 30.3 Å². The predicted octanol–water partition coefficient (Wildman–Crippen LogP) is 3.44. The number of aryl methyl sites for hydroxylation is 1. The smallest absolute Gasteiger partial charge is 0.254 e. The fourth-order valence-corrected chi connectivity index (χ4v) is 2.42. The summed E-state index contributed by atoms with van der Waals surface area (Å²) in [6.07, 6.45) is 1.74. The zero-order chi connectivity index (χ0) is 17.1. The van der Waals surface area contributed by atoms with Crippen molar-refractivity contribution in [2.24, 2.45) is 7.05 Å². The van der Waals surface area contributed by atoms with E-state index in [9.17, 15) is 4.79 Å². The van der Waals surface area contributed by atoms with Crippen molar-refractivity contribution in [1.29, 1.82) is 0 Å². The monoisotopic (exact) mass is 322 g/mol. The highest BCUT2D eigenvalue weighted by Crippen LogP contribution is 2.37. The minimum absolute atomic E-state index is 0.132. The Labute approximate surface area is 139 Å². The van der Waals surface area contributed by atoms with E-state index in [1.165, 1.54) is 10.6 Å². The Morgan fingerprint density at radius 1 is 0.958 bits per heavy atom. The SMILES string of the molecule is COc1cc(=O)n(C)cc1-c1ccccc1Oc1ccc(N)cc1. The summed E-state index contributed by atoms with van der Waals surface area (Å²) >= 11 is 0. The van der Waals surface area contributed by atoms with Gasteiger partial charge in [0.15, 0.2) is 0 Å². The number of aromatic nitrogens is 1. The van der Waals surface area contributed by atoms with E-state index in [1.807, 2.05) is 36.4 Å². The molecule has 122 valence electrons. The van der Waals surface area contributed by atoms with Gasteiger partial charge in [0.2, 0.25) is 0 Å². The number of methoxy groups -OCH3 is 1. The first-order valence-electron chi connectivity index (χ1n) is 7.46. The highest BCUT2D eigenvalue weighted by atomic mass is 16.5. The molecular formula is C19H18N2O3. The van der Waals surface area contributed by atoms with Crippen LogP contribution in [-0.4, -0.2) is 11.7 Å². The summed E-state index contributed by atoms with van der Waals surface area (Å²) in [6, 6.07) is 16.3. The summed E-state index contributed by atoms with van der Waals surface area (Å²) in [5.41, 5.74) is 7.87. The summed E-state index contributed by atoms with van der Waals surface area (Å²) in [5, 5.41) is 0. The maximum Gasteiger partial charge on any atom is 0.254 e. The molecule has 3 rings (SSSR count). The number of nitrogen functional groups attached to an aromatic ring is 1. The first-order chi connectivity index (χ1) is 11.6. The van der Waals surface area contributed by atoms with Gasteiger partial charge >= 0.3 is 0 Å². The summed E-state index contributed by atoms with van der Waals surface area (Å²) in [7, 11) is 3.25. The molecule has 5 heteroatoms. The van der Waals surface area contributed by atoms with Crippen LogP contribution in [0.25, 0.3) is 11.1 Å². The van der Waals surface area contributed by atoms with Gasteiger partial charge in [-0.15, -0.1) is 0 Å². The minimum atomic E-state index is -0.132. The fourth-order valence-electron chi connectivity index (χ4n) is 2.42. The van der Waals surface area contributed by atoms with E-state index < -0.39 is 0 Å². The third-order valence-electron chi connectivity index (χ3n) is 3.70. The highest BCUT2D eigenvalue weighted by molar-refractivity contribution is 5.75. The van der Waals surface area contributed by atoms with Gasteiger partial charge in [-0.25, -0.2) is 0 Å². The van der Waals surface area contributed by atoms with E-state index in [4.69, 9.17) is 15.2 Å². The number of anilines is 1. The van der Waals surface area contributed by atoms with E-state index in [-0.39, 0.29) is 5.56 Å². The summed E-state index contributed by atoms with van der Waals surface area (Å²) < 4.78 is 12.9. The molecule has 0 aliphatic carbocycles. The number of hydrogen-bond acceptors (Lipinski definition) is 4. The molecule has 1 aromatic heterocycles. The van der Waals surface area contributed by atoms with E-state index in [1.54, 1.807) is 32.5 Å². The third-order valence-corrected chi connectivity index (χ3v) is 3.70. The van der Waals surface area contributed by atoms with Gasteiger partial charge in [0, 0.05) is 36.1 Å². The lowest BCUT2D eigenvalue weighted by Crippen LogP contribution is -2.15. The van der Waals surface area contributed by atoms with Crippen molar-refractivity contribution in [3.63, 3.8) is 0 Å². The molecule has 0 amide bonds. The second-order valence-electron chi connectivity index (χ2n) is 5.37. The quantitative estimate of drug-likeness (QED) is 0.747. The number of nitrogens with two attached hydrogens (primary N) is 1. The van der Waals surface area contributed by atoms with Crippen molar-refractivity contribution >= 4 is 5.69 Å². The molecule has 0 saturated carbocycles. The van der Waals surface area contributed by atoms with Crippen LogP contribution in [0, 0.1) is 0 Å². The second kappa shape index (κ2) is 6.50. The third kappa shape index (κ3) is 3.10. The molecule has 1 heterocycles. The van der Waals surface area contributed by atoms with Crippen LogP contribution in [0.3, 0.4) is 0 Å². The van der Waals surface area contributed by atoms with E-state index in [0.717, 1.165) is 11.1 Å². The Hall–Kier alpha value is -3.21. The number of rotatable bonds is 4. The molecule has 0 unspecified atom stereocenters. The number of ether oxygens (including phenoxy) is 2. The van der Waals surface area contributed by atoms with Crippen LogP contribution in [0.4, 0.5) is 5.69 Å². The Kier molecular flexibility index (Phi) is 4.24. The molecular weight excluding hydrogens is 304 g/mol. The van der Waals surface area contributed by atoms with Crippen molar-refractivity contribution < 1.29 is 9.47 Å². The van der Waals surface area contributed by atoms with Crippen molar-refractivity contribution in [3.8, 4) is 28.4 Å². The molecule has 0 fully saturated rings. The van der Waals surface area contributed by atoms with Crippen LogP contribution < -0.4 is 20.8 Å². The number of pyridine rings is 1. The summed E-state index contributed by atoms with van der Waals surface area (Å²) in [4.78, 5) is 11.8. The Morgan fingerprint density at radius 2 is 1.67 bits per heavy atom. The molecule has 3 aromatic rings. The zero-order valence-corrected chi connectivity index (χ0v) is 13.5. The Balaban J connectivity index is 2.08. The average molecular weight is 322 g/mol. The number of para-hydroxylation sites is 1. The standard InChI is InChI=1S/C19H18N2O3/c1-21-12-16(18(23-2)11-19(21)22)15-5-3-4-6-17(15)24-14-9-7-13(20)8-10-14/h3-12H,20H2,1-2H3. The van der Waals surface area contributed by atoms with Gasteiger partial charge in [0.25, 0.3) is 5.56 Å². The van der Waals surface area contributed by atoms with Gasteiger partial charge < -0.3 is 19.8 Å². The van der Waals surface area contributed by atoms with Crippen LogP contribution in [0.2, 0.25) is 0 Å². The van der Waals surface area contributed by atoms with Gasteiger partial charge in [-0.2, -0.15) is 0 Å². The van der Waals surface area contributed by atoms with E-state index in [2.05, 4.69) is 0 Å². The van der Waals surface area contributed by atoms with Gasteiger partial charge in [-0.1, -0.05) is 18.2 Å². The minimum Gasteiger partial charge on any atom is -0.496 e. The molecule has 0 atom stereocenters. The number of benzene rings is 2. The van der Waals surface area contributed by atoms with Crippen molar-refractivity contribution in [2.75, 3.05) is 12.8 Å². The number of hydrogen-bond donors (Lipinski definition) is 1. The van der Waals surface area contributed by atoms with Crippen LogP contribution in [0.15, 0.2) is 65.6 Å². The Bertz CT molecular complexity index is 915. The normalized spacial score (nSPS) is 10.4. The highest BCUT2D eigenvalue weighted by Gasteiger charge is 2.13. The Morgan fingerprint density at radius 3 is 2.38 bits per heavy atom.